The fourth-order valence-electron chi connectivity index (χ4n) is 2.13. The van der Waals surface area contributed by atoms with E-state index in [2.05, 4.69) is 5.32 Å². The number of esters is 1. The van der Waals surface area contributed by atoms with Crippen molar-refractivity contribution in [1.29, 1.82) is 0 Å². The molecule has 1 fully saturated rings. The first-order valence-electron chi connectivity index (χ1n) is 7.59. The lowest BCUT2D eigenvalue weighted by Gasteiger charge is -2.16. The van der Waals surface area contributed by atoms with Crippen molar-refractivity contribution in [3.05, 3.63) is 34.9 Å². The van der Waals surface area contributed by atoms with E-state index in [1.54, 1.807) is 11.0 Å². The molecule has 1 atom stereocenters. The van der Waals surface area contributed by atoms with E-state index in [1.807, 2.05) is 18.2 Å². The summed E-state index contributed by atoms with van der Waals surface area (Å²) in [6.07, 6.45) is -0.822. The fourth-order valence-corrected chi connectivity index (χ4v) is 3.19. The number of rotatable bonds is 7. The molecule has 1 aliphatic heterocycles. The summed E-state index contributed by atoms with van der Waals surface area (Å²) >= 11 is 7.26. The molecule has 24 heavy (non-hydrogen) atoms. The van der Waals surface area contributed by atoms with Gasteiger partial charge in [-0.3, -0.25) is 14.4 Å². The molecule has 1 N–H and O–H groups in total. The number of hydrogen-bond donors (Lipinski definition) is 1. The van der Waals surface area contributed by atoms with E-state index in [0.29, 0.717) is 18.1 Å². The van der Waals surface area contributed by atoms with Crippen molar-refractivity contribution in [2.45, 2.75) is 26.0 Å². The highest BCUT2D eigenvalue weighted by Crippen LogP contribution is 2.17. The van der Waals surface area contributed by atoms with Crippen molar-refractivity contribution in [2.75, 3.05) is 18.8 Å². The molecule has 2 amide bonds. The molecule has 1 saturated heterocycles. The van der Waals surface area contributed by atoms with Gasteiger partial charge in [-0.1, -0.05) is 41.6 Å². The van der Waals surface area contributed by atoms with Gasteiger partial charge in [-0.15, -0.1) is 0 Å². The third-order valence-electron chi connectivity index (χ3n) is 3.52. The molecular formula is C16H19ClN2O4S. The SMILES string of the molecule is CC(OC(=O)CCN1CCSC1=O)C(=O)NCc1ccccc1Cl. The van der Waals surface area contributed by atoms with Crippen LogP contribution in [0.4, 0.5) is 4.79 Å². The number of nitrogens with zero attached hydrogens (tertiary/aromatic N) is 1. The highest BCUT2D eigenvalue weighted by Gasteiger charge is 2.23. The van der Waals surface area contributed by atoms with Crippen LogP contribution in [-0.4, -0.2) is 47.0 Å². The zero-order valence-corrected chi connectivity index (χ0v) is 14.9. The summed E-state index contributed by atoms with van der Waals surface area (Å²) in [6.45, 7) is 2.74. The summed E-state index contributed by atoms with van der Waals surface area (Å²) in [7, 11) is 0. The van der Waals surface area contributed by atoms with Crippen LogP contribution in [0.2, 0.25) is 5.02 Å². The van der Waals surface area contributed by atoms with Gasteiger partial charge in [0.2, 0.25) is 0 Å². The number of carbonyl (C=O) groups is 3. The van der Waals surface area contributed by atoms with Gasteiger partial charge in [-0.2, -0.15) is 0 Å². The highest BCUT2D eigenvalue weighted by molar-refractivity contribution is 8.13. The predicted octanol–water partition coefficient (Wildman–Crippen LogP) is 2.45. The van der Waals surface area contributed by atoms with Crippen LogP contribution in [-0.2, 0) is 20.9 Å². The Morgan fingerprint density at radius 3 is 2.83 bits per heavy atom. The van der Waals surface area contributed by atoms with Crippen molar-refractivity contribution in [3.63, 3.8) is 0 Å². The molecule has 1 aromatic carbocycles. The zero-order chi connectivity index (χ0) is 17.5. The molecule has 0 spiro atoms. The zero-order valence-electron chi connectivity index (χ0n) is 13.3. The van der Waals surface area contributed by atoms with E-state index in [0.717, 1.165) is 11.3 Å². The van der Waals surface area contributed by atoms with E-state index in [-0.39, 0.29) is 18.2 Å². The first-order valence-corrected chi connectivity index (χ1v) is 8.96. The molecule has 1 heterocycles. The minimum atomic E-state index is -0.899. The van der Waals surface area contributed by atoms with Crippen molar-refractivity contribution in [1.82, 2.24) is 10.2 Å². The van der Waals surface area contributed by atoms with E-state index in [4.69, 9.17) is 16.3 Å². The number of thioether (sulfide) groups is 1. The topological polar surface area (TPSA) is 75.7 Å². The monoisotopic (exact) mass is 370 g/mol. The van der Waals surface area contributed by atoms with Crippen molar-refractivity contribution in [3.8, 4) is 0 Å². The van der Waals surface area contributed by atoms with Crippen molar-refractivity contribution in [2.24, 2.45) is 0 Å². The van der Waals surface area contributed by atoms with Crippen LogP contribution in [0.1, 0.15) is 18.9 Å². The van der Waals surface area contributed by atoms with Crippen molar-refractivity contribution >= 4 is 40.5 Å². The van der Waals surface area contributed by atoms with Gasteiger partial charge in [0.15, 0.2) is 6.10 Å². The molecular weight excluding hydrogens is 352 g/mol. The average molecular weight is 371 g/mol. The maximum atomic E-state index is 12.0. The summed E-state index contributed by atoms with van der Waals surface area (Å²) < 4.78 is 5.10. The van der Waals surface area contributed by atoms with E-state index in [9.17, 15) is 14.4 Å². The summed E-state index contributed by atoms with van der Waals surface area (Å²) in [5, 5.41) is 3.23. The second kappa shape index (κ2) is 8.94. The maximum absolute atomic E-state index is 12.0. The van der Waals surface area contributed by atoms with Crippen LogP contribution in [0.5, 0.6) is 0 Å². The van der Waals surface area contributed by atoms with Gasteiger partial charge in [0.25, 0.3) is 11.1 Å². The summed E-state index contributed by atoms with van der Waals surface area (Å²) in [6, 6.07) is 7.19. The summed E-state index contributed by atoms with van der Waals surface area (Å²) in [5.41, 5.74) is 0.788. The molecule has 0 radical (unpaired) electrons. The number of ether oxygens (including phenoxy) is 1. The highest BCUT2D eigenvalue weighted by atomic mass is 35.5. The molecule has 0 aromatic heterocycles. The lowest BCUT2D eigenvalue weighted by molar-refractivity contribution is -0.155. The van der Waals surface area contributed by atoms with Gasteiger partial charge in [0, 0.05) is 30.4 Å². The molecule has 0 saturated carbocycles. The largest absolute Gasteiger partial charge is 0.452 e. The van der Waals surface area contributed by atoms with Gasteiger partial charge in [-0.25, -0.2) is 0 Å². The van der Waals surface area contributed by atoms with E-state index < -0.39 is 18.0 Å². The second-order valence-electron chi connectivity index (χ2n) is 5.29. The molecule has 1 unspecified atom stereocenters. The second-order valence-corrected chi connectivity index (χ2v) is 6.75. The normalized spacial score (nSPS) is 15.2. The fraction of sp³-hybridized carbons (Fsp3) is 0.438. The number of nitrogens with one attached hydrogen (secondary N) is 1. The molecule has 0 aliphatic carbocycles. The van der Waals surface area contributed by atoms with Crippen molar-refractivity contribution < 1.29 is 19.1 Å². The number of amides is 2. The Hall–Kier alpha value is -1.73. The van der Waals surface area contributed by atoms with Crippen LogP contribution in [0.3, 0.4) is 0 Å². The van der Waals surface area contributed by atoms with Gasteiger partial charge in [0.1, 0.15) is 0 Å². The maximum Gasteiger partial charge on any atom is 0.308 e. The first-order chi connectivity index (χ1) is 11.5. The minimum Gasteiger partial charge on any atom is -0.452 e. The smallest absolute Gasteiger partial charge is 0.308 e. The van der Waals surface area contributed by atoms with Crippen LogP contribution in [0.15, 0.2) is 24.3 Å². The standard InChI is InChI=1S/C16H19ClN2O4S/c1-11(15(21)18-10-12-4-2-3-5-13(12)17)23-14(20)6-7-19-8-9-24-16(19)22/h2-5,11H,6-10H2,1H3,(H,18,21). The number of halogens is 1. The Kier molecular flexibility index (Phi) is 6.93. The van der Waals surface area contributed by atoms with Crippen LogP contribution in [0.25, 0.3) is 0 Å². The van der Waals surface area contributed by atoms with Gasteiger partial charge >= 0.3 is 5.97 Å². The lowest BCUT2D eigenvalue weighted by Crippen LogP contribution is -2.36. The van der Waals surface area contributed by atoms with Gasteiger partial charge in [-0.05, 0) is 18.6 Å². The Morgan fingerprint density at radius 2 is 2.17 bits per heavy atom. The first kappa shape index (κ1) is 18.6. The lowest BCUT2D eigenvalue weighted by atomic mass is 10.2. The Balaban J connectivity index is 1.71. The minimum absolute atomic E-state index is 0.0201. The van der Waals surface area contributed by atoms with Crippen LogP contribution < -0.4 is 5.32 Å². The third kappa shape index (κ3) is 5.42. The van der Waals surface area contributed by atoms with Gasteiger partial charge in [0.05, 0.1) is 6.42 Å². The predicted molar refractivity (Wildman–Crippen MR) is 92.9 cm³/mol. The van der Waals surface area contributed by atoms with Crippen LogP contribution >= 0.6 is 23.4 Å². The third-order valence-corrected chi connectivity index (χ3v) is 4.78. The summed E-state index contributed by atoms with van der Waals surface area (Å²) in [4.78, 5) is 36.8. The molecule has 130 valence electrons. The summed E-state index contributed by atoms with van der Waals surface area (Å²) in [5.74, 6) is -0.148. The molecule has 1 aromatic rings. The molecule has 2 rings (SSSR count). The van der Waals surface area contributed by atoms with E-state index >= 15 is 0 Å². The average Bonchev–Trinajstić information content (AvgIpc) is 2.97. The van der Waals surface area contributed by atoms with Crippen LogP contribution in [0, 0.1) is 0 Å². The quantitative estimate of drug-likeness (QED) is 0.746. The van der Waals surface area contributed by atoms with Gasteiger partial charge < -0.3 is 15.0 Å². The Bertz CT molecular complexity index is 626. The number of benzene rings is 1. The molecule has 0 bridgehead atoms. The molecule has 8 heteroatoms. The molecule has 6 nitrogen and oxygen atoms in total. The Morgan fingerprint density at radius 1 is 1.42 bits per heavy atom. The number of carbonyl (C=O) groups excluding carboxylic acids is 3. The van der Waals surface area contributed by atoms with E-state index in [1.165, 1.54) is 18.7 Å². The molecule has 1 aliphatic rings. The Labute approximate surface area is 149 Å². The number of hydrogen-bond acceptors (Lipinski definition) is 5.